The minimum Gasteiger partial charge on any atom is -0.437 e. The number of carbonyl (C=O) groups excluding carboxylic acids is 2. The van der Waals surface area contributed by atoms with Crippen LogP contribution in [0.25, 0.3) is 0 Å². The second-order valence-electron chi connectivity index (χ2n) is 7.44. The van der Waals surface area contributed by atoms with Crippen LogP contribution >= 0.6 is 0 Å². The Balaban J connectivity index is 1.40. The molecule has 2 aromatic rings. The van der Waals surface area contributed by atoms with Gasteiger partial charge in [-0.05, 0) is 25.0 Å². The summed E-state index contributed by atoms with van der Waals surface area (Å²) in [6.45, 7) is 1.86. The zero-order valence-electron chi connectivity index (χ0n) is 16.0. The van der Waals surface area contributed by atoms with Crippen LogP contribution in [0.15, 0.2) is 42.7 Å². The molecule has 4 rings (SSSR count). The maximum atomic E-state index is 12.7. The fraction of sp³-hybridized carbons (Fsp3) is 0.429. The molecule has 146 valence electrons. The van der Waals surface area contributed by atoms with Crippen LogP contribution in [-0.4, -0.2) is 58.3 Å². The number of ether oxygens (including phenoxy) is 1. The highest BCUT2D eigenvalue weighted by Gasteiger charge is 2.36. The SMILES string of the molecule is CN1C[C@H](C(=O)N2CCC(c3nccnc3Oc3ccccc3)CC2)CC1=O. The number of rotatable bonds is 4. The van der Waals surface area contributed by atoms with Gasteiger partial charge in [0.05, 0.1) is 5.92 Å². The van der Waals surface area contributed by atoms with E-state index in [0.717, 1.165) is 24.3 Å². The van der Waals surface area contributed by atoms with E-state index in [4.69, 9.17) is 4.74 Å². The number of amides is 2. The third-order valence-electron chi connectivity index (χ3n) is 5.53. The van der Waals surface area contributed by atoms with Gasteiger partial charge in [-0.1, -0.05) is 18.2 Å². The quantitative estimate of drug-likeness (QED) is 0.814. The van der Waals surface area contributed by atoms with Crippen LogP contribution in [0.2, 0.25) is 0 Å². The van der Waals surface area contributed by atoms with Crippen LogP contribution in [0.4, 0.5) is 0 Å². The first kappa shape index (κ1) is 18.4. The van der Waals surface area contributed by atoms with Crippen molar-refractivity contribution >= 4 is 11.8 Å². The standard InChI is InChI=1S/C21H24N4O3/c1-24-14-16(13-18(24)26)21(27)25-11-7-15(8-12-25)19-20(23-10-9-22-19)28-17-5-3-2-4-6-17/h2-6,9-10,15-16H,7-8,11-14H2,1H3/t16-/m1/s1. The highest BCUT2D eigenvalue weighted by Crippen LogP contribution is 2.34. The molecule has 1 atom stereocenters. The van der Waals surface area contributed by atoms with Gasteiger partial charge in [0.25, 0.3) is 0 Å². The predicted octanol–water partition coefficient (Wildman–Crippen LogP) is 2.45. The second kappa shape index (κ2) is 7.96. The first-order chi connectivity index (χ1) is 13.6. The van der Waals surface area contributed by atoms with Crippen molar-refractivity contribution in [3.05, 3.63) is 48.4 Å². The van der Waals surface area contributed by atoms with Gasteiger partial charge in [-0.25, -0.2) is 4.98 Å². The summed E-state index contributed by atoms with van der Waals surface area (Å²) in [4.78, 5) is 36.9. The number of likely N-dealkylation sites (tertiary alicyclic amines) is 2. The average Bonchev–Trinajstić information content (AvgIpc) is 3.07. The van der Waals surface area contributed by atoms with E-state index in [1.54, 1.807) is 24.3 Å². The van der Waals surface area contributed by atoms with Crippen LogP contribution < -0.4 is 4.74 Å². The van der Waals surface area contributed by atoms with E-state index in [0.29, 0.717) is 31.9 Å². The second-order valence-corrected chi connectivity index (χ2v) is 7.44. The first-order valence-corrected chi connectivity index (χ1v) is 9.68. The molecule has 0 aliphatic carbocycles. The molecule has 0 N–H and O–H groups in total. The van der Waals surface area contributed by atoms with Gasteiger partial charge in [0.2, 0.25) is 17.7 Å². The van der Waals surface area contributed by atoms with E-state index in [9.17, 15) is 9.59 Å². The van der Waals surface area contributed by atoms with E-state index in [2.05, 4.69) is 9.97 Å². The van der Waals surface area contributed by atoms with Crippen molar-refractivity contribution in [2.24, 2.45) is 5.92 Å². The van der Waals surface area contributed by atoms with E-state index in [1.165, 1.54) is 0 Å². The molecule has 0 bridgehead atoms. The minimum atomic E-state index is -0.206. The Morgan fingerprint density at radius 2 is 1.82 bits per heavy atom. The van der Waals surface area contributed by atoms with E-state index >= 15 is 0 Å². The number of benzene rings is 1. The normalized spacial score (nSPS) is 20.5. The summed E-state index contributed by atoms with van der Waals surface area (Å²) in [7, 11) is 1.75. The lowest BCUT2D eigenvalue weighted by Gasteiger charge is -2.33. The molecule has 2 fully saturated rings. The number of piperidine rings is 1. The van der Waals surface area contributed by atoms with E-state index < -0.39 is 0 Å². The summed E-state index contributed by atoms with van der Waals surface area (Å²) < 4.78 is 5.94. The molecular weight excluding hydrogens is 356 g/mol. The minimum absolute atomic E-state index is 0.0514. The van der Waals surface area contributed by atoms with Gasteiger partial charge in [0.15, 0.2) is 0 Å². The number of nitrogens with zero attached hydrogens (tertiary/aromatic N) is 4. The summed E-state index contributed by atoms with van der Waals surface area (Å²) >= 11 is 0. The molecule has 0 unspecified atom stereocenters. The van der Waals surface area contributed by atoms with Crippen molar-refractivity contribution < 1.29 is 14.3 Å². The van der Waals surface area contributed by atoms with Crippen molar-refractivity contribution in [1.82, 2.24) is 19.8 Å². The number of para-hydroxylation sites is 1. The summed E-state index contributed by atoms with van der Waals surface area (Å²) in [5.74, 6) is 1.40. The van der Waals surface area contributed by atoms with Crippen molar-refractivity contribution in [2.75, 3.05) is 26.7 Å². The number of aromatic nitrogens is 2. The molecule has 7 nitrogen and oxygen atoms in total. The third-order valence-corrected chi connectivity index (χ3v) is 5.53. The number of hydrogen-bond donors (Lipinski definition) is 0. The molecule has 7 heteroatoms. The third kappa shape index (κ3) is 3.83. The fourth-order valence-electron chi connectivity index (χ4n) is 3.96. The van der Waals surface area contributed by atoms with Crippen molar-refractivity contribution in [3.8, 4) is 11.6 Å². The average molecular weight is 380 g/mol. The predicted molar refractivity (Wildman–Crippen MR) is 103 cm³/mol. The molecule has 2 aliphatic heterocycles. The van der Waals surface area contributed by atoms with Gasteiger partial charge in [-0.2, -0.15) is 0 Å². The smallest absolute Gasteiger partial charge is 0.241 e. The largest absolute Gasteiger partial charge is 0.437 e. The monoisotopic (exact) mass is 380 g/mol. The summed E-state index contributed by atoms with van der Waals surface area (Å²) in [5, 5.41) is 0. The Bertz CT molecular complexity index is 850. The molecule has 1 aromatic heterocycles. The van der Waals surface area contributed by atoms with Gasteiger partial charge in [-0.3, -0.25) is 14.6 Å². The Hall–Kier alpha value is -2.96. The Kier molecular flexibility index (Phi) is 5.23. The lowest BCUT2D eigenvalue weighted by atomic mass is 9.92. The number of hydrogen-bond acceptors (Lipinski definition) is 5. The molecule has 0 saturated carbocycles. The van der Waals surface area contributed by atoms with Gasteiger partial charge in [0.1, 0.15) is 11.4 Å². The zero-order chi connectivity index (χ0) is 19.5. The maximum absolute atomic E-state index is 12.7. The Labute approximate surface area is 164 Å². The molecule has 2 amide bonds. The van der Waals surface area contributed by atoms with E-state index in [-0.39, 0.29) is 23.7 Å². The maximum Gasteiger partial charge on any atom is 0.241 e. The molecule has 1 aromatic carbocycles. The van der Waals surface area contributed by atoms with Gasteiger partial charge in [0, 0.05) is 51.4 Å². The summed E-state index contributed by atoms with van der Waals surface area (Å²) in [6.07, 6.45) is 5.27. The molecule has 2 saturated heterocycles. The topological polar surface area (TPSA) is 75.6 Å². The molecule has 28 heavy (non-hydrogen) atoms. The van der Waals surface area contributed by atoms with Crippen molar-refractivity contribution in [3.63, 3.8) is 0 Å². The van der Waals surface area contributed by atoms with Crippen molar-refractivity contribution in [1.29, 1.82) is 0 Å². The first-order valence-electron chi connectivity index (χ1n) is 9.68. The van der Waals surface area contributed by atoms with Crippen LogP contribution in [0.3, 0.4) is 0 Å². The van der Waals surface area contributed by atoms with Gasteiger partial charge >= 0.3 is 0 Å². The highest BCUT2D eigenvalue weighted by atomic mass is 16.5. The summed E-state index contributed by atoms with van der Waals surface area (Å²) in [5.41, 5.74) is 0.842. The van der Waals surface area contributed by atoms with Crippen LogP contribution in [0.1, 0.15) is 30.9 Å². The van der Waals surface area contributed by atoms with Crippen LogP contribution in [0, 0.1) is 5.92 Å². The fourth-order valence-corrected chi connectivity index (χ4v) is 3.96. The lowest BCUT2D eigenvalue weighted by molar-refractivity contribution is -0.136. The van der Waals surface area contributed by atoms with Crippen LogP contribution in [0.5, 0.6) is 11.6 Å². The van der Waals surface area contributed by atoms with E-state index in [1.807, 2.05) is 35.2 Å². The lowest BCUT2D eigenvalue weighted by Crippen LogP contribution is -2.42. The Morgan fingerprint density at radius 3 is 2.50 bits per heavy atom. The molecular formula is C21H24N4O3. The van der Waals surface area contributed by atoms with Gasteiger partial charge < -0.3 is 14.5 Å². The molecule has 0 spiro atoms. The Morgan fingerprint density at radius 1 is 1.11 bits per heavy atom. The van der Waals surface area contributed by atoms with Gasteiger partial charge in [-0.15, -0.1) is 0 Å². The zero-order valence-corrected chi connectivity index (χ0v) is 16.0. The highest BCUT2D eigenvalue weighted by molar-refractivity contribution is 5.89. The molecule has 3 heterocycles. The molecule has 0 radical (unpaired) electrons. The molecule has 2 aliphatic rings. The summed E-state index contributed by atoms with van der Waals surface area (Å²) in [6, 6.07) is 9.55. The number of carbonyl (C=O) groups is 2. The van der Waals surface area contributed by atoms with Crippen LogP contribution in [-0.2, 0) is 9.59 Å². The van der Waals surface area contributed by atoms with Crippen molar-refractivity contribution in [2.45, 2.75) is 25.2 Å².